The Hall–Kier alpha value is -4.98. The lowest BCUT2D eigenvalue weighted by Crippen LogP contribution is -2.45. The van der Waals surface area contributed by atoms with Crippen LogP contribution in [0.3, 0.4) is 0 Å². The molecule has 5 N–H and O–H groups in total. The van der Waals surface area contributed by atoms with E-state index in [9.17, 15) is 14.4 Å². The average molecular weight is 716 g/mol. The highest BCUT2D eigenvalue weighted by Crippen LogP contribution is 2.27. The van der Waals surface area contributed by atoms with E-state index >= 15 is 0 Å². The monoisotopic (exact) mass is 715 g/mol. The Labute approximate surface area is 302 Å². The van der Waals surface area contributed by atoms with Crippen molar-refractivity contribution in [1.29, 1.82) is 0 Å². The normalized spacial score (nSPS) is 14.5. The SMILES string of the molecule is C=C(Nc1cc(C(=O)NC(CCNC(=O)OC(C)(C)C)c2ccccc2)ccc1Cl)c1cc2cnc(NCCN3CCN(C)CC3)nc2[nH]c1=O. The van der Waals surface area contributed by atoms with Gasteiger partial charge in [0.2, 0.25) is 5.95 Å². The Bertz CT molecular complexity index is 1900. The molecule has 1 aliphatic heterocycles. The Morgan fingerprint density at radius 2 is 1.80 bits per heavy atom. The fourth-order valence-corrected chi connectivity index (χ4v) is 5.74. The first kappa shape index (κ1) is 37.3. The molecule has 0 bridgehead atoms. The molecule has 2 aromatic carbocycles. The van der Waals surface area contributed by atoms with Crippen LogP contribution in [0.2, 0.25) is 5.02 Å². The summed E-state index contributed by atoms with van der Waals surface area (Å²) in [5, 5.41) is 13.1. The maximum Gasteiger partial charge on any atom is 0.407 e. The van der Waals surface area contributed by atoms with Crippen molar-refractivity contribution in [3.8, 4) is 0 Å². The summed E-state index contributed by atoms with van der Waals surface area (Å²) in [6.07, 6.45) is 1.55. The number of alkyl carbamates (subject to hydrolysis) is 1. The standard InChI is InChI=1S/C37H46ClN9O4/c1-24(28-21-27-23-41-35(45-32(27)44-34(28)49)39-15-16-47-19-17-46(5)18-20-47)42-31-22-26(11-12-29(31)38)33(48)43-30(25-9-7-6-8-10-25)13-14-40-36(50)51-37(2,3)4/h6-12,21-23,30,42H,1,13-20H2,2-5H3,(H,40,50)(H,43,48)(H2,39,41,44,45,49). The number of rotatable bonds is 13. The van der Waals surface area contributed by atoms with Gasteiger partial charge in [0.15, 0.2) is 0 Å². The van der Waals surface area contributed by atoms with Crippen LogP contribution in [-0.4, -0.2) is 95.2 Å². The third-order valence-electron chi connectivity index (χ3n) is 8.35. The molecule has 1 saturated heterocycles. The van der Waals surface area contributed by atoms with Crippen LogP contribution in [0.1, 0.15) is 54.7 Å². The number of benzene rings is 2. The van der Waals surface area contributed by atoms with E-state index in [0.29, 0.717) is 46.2 Å². The molecule has 270 valence electrons. The van der Waals surface area contributed by atoms with E-state index in [0.717, 1.165) is 38.3 Å². The average Bonchev–Trinajstić information content (AvgIpc) is 3.08. The molecule has 14 heteroatoms. The molecule has 0 spiro atoms. The van der Waals surface area contributed by atoms with Crippen LogP contribution in [0.5, 0.6) is 0 Å². The number of likely N-dealkylation sites (N-methyl/N-ethyl adjacent to an activating group) is 1. The van der Waals surface area contributed by atoms with Crippen LogP contribution in [0.4, 0.5) is 16.4 Å². The van der Waals surface area contributed by atoms with Crippen molar-refractivity contribution in [1.82, 2.24) is 35.4 Å². The lowest BCUT2D eigenvalue weighted by molar-refractivity contribution is 0.0526. The van der Waals surface area contributed by atoms with E-state index in [1.165, 1.54) is 0 Å². The summed E-state index contributed by atoms with van der Waals surface area (Å²) in [5.74, 6) is 0.0905. The van der Waals surface area contributed by atoms with E-state index in [4.69, 9.17) is 16.3 Å². The van der Waals surface area contributed by atoms with Crippen molar-refractivity contribution in [2.24, 2.45) is 0 Å². The third kappa shape index (κ3) is 10.8. The molecule has 1 unspecified atom stereocenters. The number of aromatic nitrogens is 3. The van der Waals surface area contributed by atoms with Crippen LogP contribution < -0.4 is 26.8 Å². The number of amides is 2. The van der Waals surface area contributed by atoms with Gasteiger partial charge < -0.3 is 35.9 Å². The zero-order valence-corrected chi connectivity index (χ0v) is 30.3. The molecule has 0 radical (unpaired) electrons. The second-order valence-electron chi connectivity index (χ2n) is 13.5. The molecule has 51 heavy (non-hydrogen) atoms. The van der Waals surface area contributed by atoms with Crippen LogP contribution in [-0.2, 0) is 4.74 Å². The van der Waals surface area contributed by atoms with E-state index in [-0.39, 0.29) is 23.7 Å². The van der Waals surface area contributed by atoms with E-state index in [1.807, 2.05) is 30.3 Å². The van der Waals surface area contributed by atoms with Gasteiger partial charge in [0, 0.05) is 68.7 Å². The maximum absolute atomic E-state index is 13.5. The number of nitrogens with zero attached hydrogens (tertiary/aromatic N) is 4. The van der Waals surface area contributed by atoms with Gasteiger partial charge in [0.1, 0.15) is 11.2 Å². The van der Waals surface area contributed by atoms with E-state index in [1.54, 1.807) is 51.2 Å². The van der Waals surface area contributed by atoms with Crippen molar-refractivity contribution >= 4 is 52.0 Å². The first-order valence-corrected chi connectivity index (χ1v) is 17.4. The van der Waals surface area contributed by atoms with Crippen molar-refractivity contribution in [3.63, 3.8) is 0 Å². The Morgan fingerprint density at radius 1 is 1.06 bits per heavy atom. The topological polar surface area (TPSA) is 157 Å². The van der Waals surface area contributed by atoms with Gasteiger partial charge in [-0.15, -0.1) is 0 Å². The Balaban J connectivity index is 1.23. The highest BCUT2D eigenvalue weighted by atomic mass is 35.5. The van der Waals surface area contributed by atoms with Gasteiger partial charge in [-0.05, 0) is 64.1 Å². The minimum atomic E-state index is -0.620. The zero-order valence-electron chi connectivity index (χ0n) is 29.5. The van der Waals surface area contributed by atoms with Gasteiger partial charge in [-0.2, -0.15) is 4.98 Å². The van der Waals surface area contributed by atoms with Crippen LogP contribution in [0.25, 0.3) is 16.7 Å². The molecule has 1 aliphatic rings. The minimum absolute atomic E-state index is 0.273. The molecule has 0 aliphatic carbocycles. The summed E-state index contributed by atoms with van der Waals surface area (Å²) in [6.45, 7) is 15.5. The number of carbonyl (C=O) groups excluding carboxylic acids is 2. The minimum Gasteiger partial charge on any atom is -0.444 e. The van der Waals surface area contributed by atoms with Gasteiger partial charge in [0.05, 0.1) is 22.3 Å². The molecule has 5 rings (SSSR count). The quantitative estimate of drug-likeness (QED) is 0.126. The number of pyridine rings is 1. The summed E-state index contributed by atoms with van der Waals surface area (Å²) in [7, 11) is 2.13. The molecule has 0 saturated carbocycles. The number of anilines is 2. The number of nitrogens with one attached hydrogen (secondary N) is 5. The highest BCUT2D eigenvalue weighted by Gasteiger charge is 2.20. The van der Waals surface area contributed by atoms with Crippen molar-refractivity contribution in [3.05, 3.63) is 99.4 Å². The van der Waals surface area contributed by atoms with Crippen LogP contribution in [0.15, 0.2) is 72.2 Å². The second-order valence-corrected chi connectivity index (χ2v) is 13.9. The Kier molecular flexibility index (Phi) is 12.3. The van der Waals surface area contributed by atoms with Gasteiger partial charge in [-0.25, -0.2) is 9.78 Å². The number of aromatic amines is 1. The van der Waals surface area contributed by atoms with Crippen LogP contribution in [0, 0.1) is 0 Å². The van der Waals surface area contributed by atoms with Crippen molar-refractivity contribution in [2.45, 2.75) is 38.8 Å². The fourth-order valence-electron chi connectivity index (χ4n) is 5.57. The number of carbonyl (C=O) groups is 2. The molecule has 2 aromatic heterocycles. The van der Waals surface area contributed by atoms with Crippen molar-refractivity contribution in [2.75, 3.05) is 63.5 Å². The predicted molar refractivity (Wildman–Crippen MR) is 202 cm³/mol. The Morgan fingerprint density at radius 3 is 2.53 bits per heavy atom. The van der Waals surface area contributed by atoms with E-state index < -0.39 is 23.3 Å². The number of piperazine rings is 1. The highest BCUT2D eigenvalue weighted by molar-refractivity contribution is 6.33. The molecule has 3 heterocycles. The summed E-state index contributed by atoms with van der Waals surface area (Å²) >= 11 is 6.52. The fraction of sp³-hybridized carbons (Fsp3) is 0.378. The molecule has 1 atom stereocenters. The molecule has 13 nitrogen and oxygen atoms in total. The summed E-state index contributed by atoms with van der Waals surface area (Å²) in [6, 6.07) is 15.6. The lowest BCUT2D eigenvalue weighted by Gasteiger charge is -2.32. The molecule has 1 fully saturated rings. The van der Waals surface area contributed by atoms with Crippen molar-refractivity contribution < 1.29 is 14.3 Å². The molecular formula is C37H46ClN9O4. The summed E-state index contributed by atoms with van der Waals surface area (Å²) in [4.78, 5) is 55.3. The second kappa shape index (κ2) is 16.8. The first-order valence-electron chi connectivity index (χ1n) is 17.0. The number of ether oxygens (including phenoxy) is 1. The van der Waals surface area contributed by atoms with Crippen LogP contribution >= 0.6 is 11.6 Å². The van der Waals surface area contributed by atoms with Gasteiger partial charge >= 0.3 is 6.09 Å². The first-order chi connectivity index (χ1) is 24.3. The maximum atomic E-state index is 13.5. The lowest BCUT2D eigenvalue weighted by atomic mass is 10.0. The molecule has 2 amide bonds. The molecular weight excluding hydrogens is 670 g/mol. The number of hydrogen-bond acceptors (Lipinski definition) is 10. The van der Waals surface area contributed by atoms with Gasteiger partial charge in [-0.1, -0.05) is 48.5 Å². The molecule has 4 aromatic rings. The smallest absolute Gasteiger partial charge is 0.407 e. The van der Waals surface area contributed by atoms with E-state index in [2.05, 4.69) is 59.6 Å². The number of hydrogen-bond donors (Lipinski definition) is 5. The predicted octanol–water partition coefficient (Wildman–Crippen LogP) is 5.10. The summed E-state index contributed by atoms with van der Waals surface area (Å²) in [5.41, 5.74) is 1.56. The number of halogens is 1. The number of H-pyrrole nitrogens is 1. The largest absolute Gasteiger partial charge is 0.444 e. The summed E-state index contributed by atoms with van der Waals surface area (Å²) < 4.78 is 5.33. The number of fused-ring (bicyclic) bond motifs is 1. The van der Waals surface area contributed by atoms with Gasteiger partial charge in [0.25, 0.3) is 11.5 Å². The van der Waals surface area contributed by atoms with Gasteiger partial charge in [-0.3, -0.25) is 14.5 Å². The zero-order chi connectivity index (χ0) is 36.5. The third-order valence-corrected chi connectivity index (χ3v) is 8.68.